The molecule has 1 aliphatic rings. The molecule has 0 unspecified atom stereocenters. The molecule has 222 valence electrons. The van der Waals surface area contributed by atoms with E-state index in [1.807, 2.05) is 18.2 Å². The van der Waals surface area contributed by atoms with Crippen molar-refractivity contribution < 1.29 is 8.42 Å². The summed E-state index contributed by atoms with van der Waals surface area (Å²) in [6.45, 7) is 10.7. The molecule has 2 aromatic rings. The summed E-state index contributed by atoms with van der Waals surface area (Å²) in [5.74, 6) is 0.653. The topological polar surface area (TPSA) is 40.6 Å². The molecule has 0 atom stereocenters. The molecule has 0 amide bonds. The molecule has 1 fully saturated rings. The number of unbranched alkanes of at least 4 members (excludes halogenated alkanes) is 3. The second kappa shape index (κ2) is 17.1. The first-order chi connectivity index (χ1) is 19.4. The van der Waals surface area contributed by atoms with E-state index < -0.39 is 28.4 Å². The summed E-state index contributed by atoms with van der Waals surface area (Å²) in [4.78, 5) is 3.01. The van der Waals surface area contributed by atoms with Crippen LogP contribution >= 0.6 is 0 Å². The van der Waals surface area contributed by atoms with Gasteiger partial charge in [-0.2, -0.15) is 0 Å². The quantitative estimate of drug-likeness (QED) is 0.158. The Morgan fingerprint density at radius 1 is 0.850 bits per heavy atom. The van der Waals surface area contributed by atoms with Gasteiger partial charge in [-0.05, 0) is 0 Å². The van der Waals surface area contributed by atoms with Crippen molar-refractivity contribution in [3.05, 3.63) is 75.9 Å². The Kier molecular flexibility index (Phi) is 14.2. The first-order valence-corrected chi connectivity index (χ1v) is 24.8. The summed E-state index contributed by atoms with van der Waals surface area (Å²) >= 11 is -2.83. The Bertz CT molecular complexity index is 1090. The molecule has 0 bridgehead atoms. The Hall–Kier alpha value is -1.15. The normalized spacial score (nSPS) is 16.1. The Labute approximate surface area is 250 Å². The van der Waals surface area contributed by atoms with Crippen molar-refractivity contribution in [3.8, 4) is 0 Å². The molecule has 0 spiro atoms. The van der Waals surface area contributed by atoms with Gasteiger partial charge in [0, 0.05) is 0 Å². The Balaban J connectivity index is 1.88. The second-order valence-electron chi connectivity index (χ2n) is 11.9. The van der Waals surface area contributed by atoms with Gasteiger partial charge in [0.15, 0.2) is 0 Å². The van der Waals surface area contributed by atoms with Crippen molar-refractivity contribution in [3.63, 3.8) is 0 Å². The third-order valence-corrected chi connectivity index (χ3v) is 27.0. The Morgan fingerprint density at radius 2 is 1.35 bits per heavy atom. The van der Waals surface area contributed by atoms with Crippen molar-refractivity contribution >= 4 is 28.4 Å². The fourth-order valence-corrected chi connectivity index (χ4v) is 24.7. The zero-order chi connectivity index (χ0) is 28.8. The van der Waals surface area contributed by atoms with Gasteiger partial charge in [0.25, 0.3) is 0 Å². The van der Waals surface area contributed by atoms with Crippen LogP contribution in [0.25, 0.3) is 0 Å². The van der Waals surface area contributed by atoms with Gasteiger partial charge in [-0.1, -0.05) is 0 Å². The van der Waals surface area contributed by atoms with Crippen LogP contribution in [0.3, 0.4) is 0 Å². The van der Waals surface area contributed by atoms with E-state index in [2.05, 4.69) is 62.1 Å². The van der Waals surface area contributed by atoms with Gasteiger partial charge in [-0.15, -0.1) is 0 Å². The van der Waals surface area contributed by atoms with Crippen molar-refractivity contribution in [1.82, 2.24) is 9.21 Å². The van der Waals surface area contributed by atoms with E-state index in [-0.39, 0.29) is 0 Å². The zero-order valence-electron chi connectivity index (χ0n) is 25.7. The number of likely N-dealkylation sites (N-methyl/N-ethyl adjacent to an activating group) is 1. The van der Waals surface area contributed by atoms with Gasteiger partial charge in [-0.25, -0.2) is 0 Å². The monoisotopic (exact) mass is 674 g/mol. The summed E-state index contributed by atoms with van der Waals surface area (Å²) in [5.41, 5.74) is 1.47. The number of piperidine rings is 1. The summed E-state index contributed by atoms with van der Waals surface area (Å²) in [5, 5.41) is 0. The van der Waals surface area contributed by atoms with Crippen LogP contribution in [-0.2, 0) is 10.0 Å². The average Bonchev–Trinajstić information content (AvgIpc) is 3.00. The van der Waals surface area contributed by atoms with Crippen LogP contribution in [-0.4, -0.2) is 69.2 Å². The predicted octanol–water partition coefficient (Wildman–Crippen LogP) is 8.50. The SMILES string of the molecule is CCC[CH2][Sn]([CH2]CCC)([CH2]CCC)/[C](=C\CN1CCC(c2ccccc2)CC1)CN(C)S(=O)(=O)c1ccccc1. The number of likely N-dealkylation sites (tertiary alicyclic amines) is 1. The standard InChI is InChI=1S/C22H27N2O2S.3C4H9.Sn/c1-23(27(25,26)22-12-6-3-7-13-22)16-8-9-17-24-18-14-21(15-19-24)20-10-4-2-5-11-20;3*1-3-4-2;/h2-7,9-13,21H,14-19H2,1H3;3*1,3-4H2,2H3;. The molecule has 0 N–H and O–H groups in total. The van der Waals surface area contributed by atoms with Gasteiger partial charge in [0.1, 0.15) is 0 Å². The third-order valence-electron chi connectivity index (χ3n) is 9.01. The molecule has 4 nitrogen and oxygen atoms in total. The number of sulfonamides is 1. The van der Waals surface area contributed by atoms with Crippen LogP contribution in [0.2, 0.25) is 13.3 Å². The van der Waals surface area contributed by atoms with Crippen LogP contribution in [0, 0.1) is 0 Å². The van der Waals surface area contributed by atoms with E-state index in [9.17, 15) is 8.42 Å². The van der Waals surface area contributed by atoms with Crippen LogP contribution in [0.1, 0.15) is 83.6 Å². The van der Waals surface area contributed by atoms with Gasteiger partial charge >= 0.3 is 251 Å². The van der Waals surface area contributed by atoms with E-state index in [1.165, 1.54) is 70.2 Å². The molecule has 6 heteroatoms. The van der Waals surface area contributed by atoms with E-state index in [1.54, 1.807) is 27.1 Å². The molecule has 2 aromatic carbocycles. The van der Waals surface area contributed by atoms with E-state index in [4.69, 9.17) is 0 Å². The fourth-order valence-electron chi connectivity index (χ4n) is 6.36. The molecule has 1 aliphatic heterocycles. The minimum absolute atomic E-state index is 0.399. The number of benzene rings is 2. The number of hydrogen-bond acceptors (Lipinski definition) is 3. The van der Waals surface area contributed by atoms with Crippen molar-refractivity contribution in [2.75, 3.05) is 33.2 Å². The minimum atomic E-state index is -3.52. The molecule has 1 heterocycles. The molecular formula is C34H54N2O2SSn. The molecule has 40 heavy (non-hydrogen) atoms. The fraction of sp³-hybridized carbons (Fsp3) is 0.588. The van der Waals surface area contributed by atoms with E-state index in [0.717, 1.165) is 19.6 Å². The second-order valence-corrected chi connectivity index (χ2v) is 27.3. The molecule has 1 saturated heterocycles. The van der Waals surface area contributed by atoms with Crippen molar-refractivity contribution in [2.24, 2.45) is 0 Å². The third kappa shape index (κ3) is 9.43. The molecule has 0 aromatic heterocycles. The van der Waals surface area contributed by atoms with Gasteiger partial charge in [-0.3, -0.25) is 0 Å². The number of rotatable bonds is 17. The summed E-state index contributed by atoms with van der Waals surface area (Å²) in [6, 6.07) is 20.0. The maximum atomic E-state index is 13.6. The van der Waals surface area contributed by atoms with Crippen LogP contribution < -0.4 is 0 Å². The van der Waals surface area contributed by atoms with E-state index >= 15 is 0 Å². The van der Waals surface area contributed by atoms with Crippen LogP contribution in [0.4, 0.5) is 0 Å². The number of nitrogens with zero attached hydrogens (tertiary/aromatic N) is 2. The predicted molar refractivity (Wildman–Crippen MR) is 174 cm³/mol. The van der Waals surface area contributed by atoms with Gasteiger partial charge in [0.05, 0.1) is 0 Å². The molecular weight excluding hydrogens is 619 g/mol. The molecule has 3 rings (SSSR count). The molecule has 0 aliphatic carbocycles. The maximum absolute atomic E-state index is 13.6. The van der Waals surface area contributed by atoms with Crippen molar-refractivity contribution in [1.29, 1.82) is 0 Å². The first-order valence-electron chi connectivity index (χ1n) is 15.8. The Morgan fingerprint density at radius 3 is 1.85 bits per heavy atom. The van der Waals surface area contributed by atoms with Gasteiger partial charge in [0.2, 0.25) is 0 Å². The zero-order valence-corrected chi connectivity index (χ0v) is 29.3. The summed E-state index contributed by atoms with van der Waals surface area (Å²) < 4.78 is 34.5. The first kappa shape index (κ1) is 33.4. The average molecular weight is 674 g/mol. The summed E-state index contributed by atoms with van der Waals surface area (Å²) in [6.07, 6.45) is 12.4. The number of hydrogen-bond donors (Lipinski definition) is 0. The van der Waals surface area contributed by atoms with Gasteiger partial charge < -0.3 is 0 Å². The van der Waals surface area contributed by atoms with Crippen molar-refractivity contribution in [2.45, 2.75) is 96.3 Å². The molecule has 0 saturated carbocycles. The summed E-state index contributed by atoms with van der Waals surface area (Å²) in [7, 11) is -1.72. The van der Waals surface area contributed by atoms with Crippen LogP contribution in [0.5, 0.6) is 0 Å². The van der Waals surface area contributed by atoms with E-state index in [0.29, 0.717) is 17.4 Å². The van der Waals surface area contributed by atoms with Crippen LogP contribution in [0.15, 0.2) is 75.2 Å². The molecule has 0 radical (unpaired) electrons.